The van der Waals surface area contributed by atoms with Gasteiger partial charge in [0.05, 0.1) is 0 Å². The van der Waals surface area contributed by atoms with Crippen molar-refractivity contribution in [2.24, 2.45) is 0 Å². The Kier molecular flexibility index (Phi) is 7.80. The molecule has 0 fully saturated rings. The summed E-state index contributed by atoms with van der Waals surface area (Å²) in [6.07, 6.45) is 1.04. The molecule has 2 rings (SSSR count). The largest absolute Gasteiger partial charge is 0.480 e. The van der Waals surface area contributed by atoms with E-state index < -0.39 is 6.10 Å². The highest BCUT2D eigenvalue weighted by molar-refractivity contribution is 6.35. The molecule has 0 aliphatic carbocycles. The fourth-order valence-electron chi connectivity index (χ4n) is 2.65. The lowest BCUT2D eigenvalue weighted by Crippen LogP contribution is -2.37. The third kappa shape index (κ3) is 5.39. The van der Waals surface area contributed by atoms with E-state index in [0.29, 0.717) is 28.9 Å². The summed E-state index contributed by atoms with van der Waals surface area (Å²) in [4.78, 5) is 12.6. The molecular formula is C21H25Cl2NO2. The smallest absolute Gasteiger partial charge is 0.261 e. The van der Waals surface area contributed by atoms with Crippen LogP contribution in [-0.2, 0) is 11.3 Å². The van der Waals surface area contributed by atoms with Crippen molar-refractivity contribution in [2.75, 3.05) is 0 Å². The van der Waals surface area contributed by atoms with E-state index in [0.717, 1.165) is 23.3 Å². The molecule has 1 N–H and O–H groups in total. The second-order valence-electron chi connectivity index (χ2n) is 6.32. The highest BCUT2D eigenvalue weighted by atomic mass is 35.5. The summed E-state index contributed by atoms with van der Waals surface area (Å²) in [5.74, 6) is 0.991. The van der Waals surface area contributed by atoms with Gasteiger partial charge in [0.2, 0.25) is 0 Å². The average Bonchev–Trinajstić information content (AvgIpc) is 2.64. The summed E-state index contributed by atoms with van der Waals surface area (Å²) >= 11 is 12.1. The van der Waals surface area contributed by atoms with E-state index in [2.05, 4.69) is 25.2 Å². The first kappa shape index (κ1) is 20.6. The topological polar surface area (TPSA) is 38.3 Å². The Labute approximate surface area is 165 Å². The number of para-hydroxylation sites is 1. The Morgan fingerprint density at radius 1 is 1.12 bits per heavy atom. The van der Waals surface area contributed by atoms with Gasteiger partial charge >= 0.3 is 0 Å². The number of hydrogen-bond donors (Lipinski definition) is 1. The number of carbonyl (C=O) groups is 1. The maximum atomic E-state index is 12.6. The van der Waals surface area contributed by atoms with Crippen LogP contribution in [0.25, 0.3) is 0 Å². The molecule has 2 unspecified atom stereocenters. The van der Waals surface area contributed by atoms with Crippen LogP contribution in [0.3, 0.4) is 0 Å². The van der Waals surface area contributed by atoms with Gasteiger partial charge in [-0.2, -0.15) is 0 Å². The Morgan fingerprint density at radius 3 is 2.50 bits per heavy atom. The maximum Gasteiger partial charge on any atom is 0.261 e. The van der Waals surface area contributed by atoms with E-state index in [-0.39, 0.29) is 5.91 Å². The standard InChI is InChI=1S/C21H25Cl2NO2/c1-4-14(3)17-8-6-7-9-20(17)26-19(5-2)21(25)24-13-15-10-11-16(22)12-18(15)23/h6-12,14,19H,4-5,13H2,1-3H3,(H,24,25). The van der Waals surface area contributed by atoms with Gasteiger partial charge in [0.25, 0.3) is 5.91 Å². The first-order valence-corrected chi connectivity index (χ1v) is 9.69. The molecule has 26 heavy (non-hydrogen) atoms. The van der Waals surface area contributed by atoms with Crippen molar-refractivity contribution in [3.05, 3.63) is 63.6 Å². The molecule has 3 nitrogen and oxygen atoms in total. The van der Waals surface area contributed by atoms with E-state index in [1.54, 1.807) is 12.1 Å². The van der Waals surface area contributed by atoms with E-state index in [9.17, 15) is 4.79 Å². The molecule has 1 amide bonds. The van der Waals surface area contributed by atoms with Gasteiger partial charge in [0.1, 0.15) is 5.75 Å². The van der Waals surface area contributed by atoms with Crippen LogP contribution in [0.5, 0.6) is 5.75 Å². The number of benzene rings is 2. The summed E-state index contributed by atoms with van der Waals surface area (Å²) in [7, 11) is 0. The van der Waals surface area contributed by atoms with Crippen molar-refractivity contribution >= 4 is 29.1 Å². The molecule has 0 spiro atoms. The van der Waals surface area contributed by atoms with Crippen molar-refractivity contribution in [3.8, 4) is 5.75 Å². The van der Waals surface area contributed by atoms with Crippen molar-refractivity contribution in [1.82, 2.24) is 5.32 Å². The Morgan fingerprint density at radius 2 is 1.85 bits per heavy atom. The minimum Gasteiger partial charge on any atom is -0.480 e. The lowest BCUT2D eigenvalue weighted by molar-refractivity contribution is -0.128. The number of hydrogen-bond acceptors (Lipinski definition) is 2. The molecule has 2 aromatic carbocycles. The SMILES string of the molecule is CCC(Oc1ccccc1C(C)CC)C(=O)NCc1ccc(Cl)cc1Cl. The van der Waals surface area contributed by atoms with Crippen LogP contribution >= 0.6 is 23.2 Å². The average molecular weight is 394 g/mol. The van der Waals surface area contributed by atoms with Crippen LogP contribution in [-0.4, -0.2) is 12.0 Å². The fraction of sp³-hybridized carbons (Fsp3) is 0.381. The van der Waals surface area contributed by atoms with E-state index in [1.165, 1.54) is 0 Å². The van der Waals surface area contributed by atoms with Crippen LogP contribution < -0.4 is 10.1 Å². The normalized spacial score (nSPS) is 13.1. The number of amides is 1. The van der Waals surface area contributed by atoms with E-state index in [1.807, 2.05) is 31.2 Å². The molecule has 5 heteroatoms. The summed E-state index contributed by atoms with van der Waals surface area (Å²) in [6.45, 7) is 6.57. The van der Waals surface area contributed by atoms with Gasteiger partial charge in [-0.15, -0.1) is 0 Å². The molecular weight excluding hydrogens is 369 g/mol. The van der Waals surface area contributed by atoms with Gasteiger partial charge in [-0.25, -0.2) is 0 Å². The van der Waals surface area contributed by atoms with Crippen LogP contribution in [0, 0.1) is 0 Å². The van der Waals surface area contributed by atoms with Crippen molar-refractivity contribution in [3.63, 3.8) is 0 Å². The second-order valence-corrected chi connectivity index (χ2v) is 7.16. The number of halogens is 2. The van der Waals surface area contributed by atoms with Crippen molar-refractivity contribution in [1.29, 1.82) is 0 Å². The molecule has 0 aliphatic heterocycles. The van der Waals surface area contributed by atoms with E-state index >= 15 is 0 Å². The van der Waals surface area contributed by atoms with Gasteiger partial charge in [-0.3, -0.25) is 4.79 Å². The molecule has 0 heterocycles. The highest BCUT2D eigenvalue weighted by Gasteiger charge is 2.20. The van der Waals surface area contributed by atoms with Crippen molar-refractivity contribution < 1.29 is 9.53 Å². The van der Waals surface area contributed by atoms with Gasteiger partial charge < -0.3 is 10.1 Å². The Hall–Kier alpha value is -1.71. The van der Waals surface area contributed by atoms with E-state index in [4.69, 9.17) is 27.9 Å². The number of nitrogens with one attached hydrogen (secondary N) is 1. The maximum absolute atomic E-state index is 12.6. The first-order chi connectivity index (χ1) is 12.5. The number of rotatable bonds is 8. The molecule has 0 saturated heterocycles. The Bertz CT molecular complexity index is 749. The molecule has 140 valence electrons. The molecule has 0 radical (unpaired) electrons. The van der Waals surface area contributed by atoms with Crippen LogP contribution in [0.15, 0.2) is 42.5 Å². The minimum absolute atomic E-state index is 0.155. The molecule has 0 aliphatic rings. The number of carbonyl (C=O) groups excluding carboxylic acids is 1. The predicted molar refractivity (Wildman–Crippen MR) is 108 cm³/mol. The zero-order valence-electron chi connectivity index (χ0n) is 15.4. The van der Waals surface area contributed by atoms with Crippen molar-refractivity contribution in [2.45, 2.75) is 52.2 Å². The predicted octanol–water partition coefficient (Wildman–Crippen LogP) is 5.98. The van der Waals surface area contributed by atoms with Gasteiger partial charge in [0, 0.05) is 16.6 Å². The lowest BCUT2D eigenvalue weighted by atomic mass is 9.98. The first-order valence-electron chi connectivity index (χ1n) is 8.93. The molecule has 0 saturated carbocycles. The molecule has 2 aromatic rings. The van der Waals surface area contributed by atoms with Crippen LogP contribution in [0.2, 0.25) is 10.0 Å². The summed E-state index contributed by atoms with van der Waals surface area (Å²) < 4.78 is 6.05. The lowest BCUT2D eigenvalue weighted by Gasteiger charge is -2.21. The molecule has 2 atom stereocenters. The quantitative estimate of drug-likeness (QED) is 0.598. The summed E-state index contributed by atoms with van der Waals surface area (Å²) in [6, 6.07) is 13.1. The summed E-state index contributed by atoms with van der Waals surface area (Å²) in [5, 5.41) is 4.01. The molecule has 0 bridgehead atoms. The number of ether oxygens (including phenoxy) is 1. The summed E-state index contributed by atoms with van der Waals surface area (Å²) in [5.41, 5.74) is 1.95. The second kappa shape index (κ2) is 9.84. The third-order valence-electron chi connectivity index (χ3n) is 4.46. The van der Waals surface area contributed by atoms with Gasteiger partial charge in [-0.05, 0) is 48.1 Å². The van der Waals surface area contributed by atoms with Gasteiger partial charge in [-0.1, -0.05) is 68.2 Å². The zero-order chi connectivity index (χ0) is 19.1. The monoisotopic (exact) mass is 393 g/mol. The highest BCUT2D eigenvalue weighted by Crippen LogP contribution is 2.29. The minimum atomic E-state index is -0.550. The van der Waals surface area contributed by atoms with Crippen LogP contribution in [0.1, 0.15) is 50.7 Å². The third-order valence-corrected chi connectivity index (χ3v) is 5.05. The van der Waals surface area contributed by atoms with Gasteiger partial charge in [0.15, 0.2) is 6.10 Å². The fourth-order valence-corrected chi connectivity index (χ4v) is 3.13. The van der Waals surface area contributed by atoms with Crippen LogP contribution in [0.4, 0.5) is 0 Å². The Balaban J connectivity index is 2.05. The zero-order valence-corrected chi connectivity index (χ0v) is 16.9. The molecule has 0 aromatic heterocycles.